The molecular weight excluding hydrogens is 426 g/mol. The summed E-state index contributed by atoms with van der Waals surface area (Å²) in [7, 11) is -4.03. The van der Waals surface area contributed by atoms with E-state index in [2.05, 4.69) is 5.32 Å². The topological polar surface area (TPSA) is 86.8 Å². The van der Waals surface area contributed by atoms with Gasteiger partial charge in [0.25, 0.3) is 10.0 Å². The molecule has 0 bridgehead atoms. The first kappa shape index (κ1) is 21.6. The third-order valence-electron chi connectivity index (χ3n) is 5.30. The summed E-state index contributed by atoms with van der Waals surface area (Å²) in [5.41, 5.74) is 3.18. The lowest BCUT2D eigenvalue weighted by atomic mass is 10.1. The van der Waals surface area contributed by atoms with Crippen LogP contribution in [0.5, 0.6) is 0 Å². The number of amides is 2. The molecule has 0 radical (unpaired) electrons. The number of carbonyl (C=O) groups excluding carboxylic acids is 2. The summed E-state index contributed by atoms with van der Waals surface area (Å²) >= 11 is 0. The molecule has 4 rings (SSSR count). The van der Waals surface area contributed by atoms with E-state index in [1.807, 2.05) is 26.0 Å². The number of benzene rings is 3. The van der Waals surface area contributed by atoms with Crippen LogP contribution in [0.4, 0.5) is 17.1 Å². The van der Waals surface area contributed by atoms with Crippen molar-refractivity contribution in [3.8, 4) is 0 Å². The Hall–Kier alpha value is -3.65. The van der Waals surface area contributed by atoms with Gasteiger partial charge in [-0.05, 0) is 49.7 Å². The number of hydrogen-bond donors (Lipinski definition) is 1. The maximum absolute atomic E-state index is 13.6. The molecule has 0 spiro atoms. The van der Waals surface area contributed by atoms with Gasteiger partial charge in [-0.15, -0.1) is 0 Å². The van der Waals surface area contributed by atoms with Gasteiger partial charge in [0, 0.05) is 0 Å². The molecule has 3 aromatic rings. The van der Waals surface area contributed by atoms with Gasteiger partial charge in [-0.3, -0.25) is 18.8 Å². The summed E-state index contributed by atoms with van der Waals surface area (Å²) in [5.74, 6) is -0.826. The average Bonchev–Trinajstić information content (AvgIpc) is 2.77. The lowest BCUT2D eigenvalue weighted by Crippen LogP contribution is -2.48. The van der Waals surface area contributed by atoms with E-state index >= 15 is 0 Å². The number of hydrogen-bond acceptors (Lipinski definition) is 4. The molecule has 0 fully saturated rings. The predicted octanol–water partition coefficient (Wildman–Crippen LogP) is 3.48. The van der Waals surface area contributed by atoms with Crippen LogP contribution in [0.25, 0.3) is 0 Å². The highest BCUT2D eigenvalue weighted by molar-refractivity contribution is 7.92. The molecule has 0 aliphatic carbocycles. The number of fused-ring (bicyclic) bond motifs is 1. The SMILES string of the molecule is Cc1ccc(N(CC(=O)N2CC(=O)Nc3ccccc32)S(=O)(=O)c2ccccc2)c(C)c1. The first-order valence-corrected chi connectivity index (χ1v) is 11.6. The Morgan fingerprint density at radius 2 is 1.69 bits per heavy atom. The minimum atomic E-state index is -4.03. The van der Waals surface area contributed by atoms with E-state index in [1.165, 1.54) is 17.0 Å². The fourth-order valence-corrected chi connectivity index (χ4v) is 5.27. The minimum absolute atomic E-state index is 0.0876. The fraction of sp³-hybridized carbons (Fsp3) is 0.167. The molecule has 0 saturated carbocycles. The standard InChI is InChI=1S/C24H23N3O4S/c1-17-12-13-21(18(2)14-17)27(32(30,31)19-8-4-3-5-9-19)16-24(29)26-15-23(28)25-20-10-6-7-11-22(20)26/h3-14H,15-16H2,1-2H3,(H,25,28). The lowest BCUT2D eigenvalue weighted by Gasteiger charge is -2.32. The normalized spacial score (nSPS) is 13.3. The van der Waals surface area contributed by atoms with Crippen molar-refractivity contribution in [1.29, 1.82) is 0 Å². The molecule has 0 unspecified atom stereocenters. The molecule has 8 heteroatoms. The Bertz CT molecular complexity index is 1290. The molecule has 1 N–H and O–H groups in total. The number of nitrogens with one attached hydrogen (secondary N) is 1. The van der Waals surface area contributed by atoms with Gasteiger partial charge in [-0.1, -0.05) is 48.0 Å². The van der Waals surface area contributed by atoms with Crippen molar-refractivity contribution in [1.82, 2.24) is 0 Å². The van der Waals surface area contributed by atoms with Crippen LogP contribution in [-0.2, 0) is 19.6 Å². The summed E-state index contributed by atoms with van der Waals surface area (Å²) in [6.07, 6.45) is 0. The minimum Gasteiger partial charge on any atom is -0.323 e. The number of para-hydroxylation sites is 2. The third kappa shape index (κ3) is 4.09. The third-order valence-corrected chi connectivity index (χ3v) is 7.08. The average molecular weight is 450 g/mol. The molecule has 32 heavy (non-hydrogen) atoms. The molecule has 164 valence electrons. The van der Waals surface area contributed by atoms with Crippen molar-refractivity contribution in [3.05, 3.63) is 83.9 Å². The maximum atomic E-state index is 13.6. The van der Waals surface area contributed by atoms with E-state index in [0.717, 1.165) is 15.4 Å². The molecule has 1 aliphatic rings. The Morgan fingerprint density at radius 1 is 1.00 bits per heavy atom. The summed E-state index contributed by atoms with van der Waals surface area (Å²) in [4.78, 5) is 27.0. The van der Waals surface area contributed by atoms with E-state index in [4.69, 9.17) is 0 Å². The Labute approximate surface area is 187 Å². The molecule has 7 nitrogen and oxygen atoms in total. The van der Waals surface area contributed by atoms with Crippen molar-refractivity contribution in [2.75, 3.05) is 27.6 Å². The van der Waals surface area contributed by atoms with Crippen LogP contribution in [0, 0.1) is 13.8 Å². The highest BCUT2D eigenvalue weighted by Crippen LogP contribution is 2.31. The number of aryl methyl sites for hydroxylation is 2. The van der Waals surface area contributed by atoms with Crippen LogP contribution in [0.15, 0.2) is 77.7 Å². The molecule has 2 amide bonds. The van der Waals surface area contributed by atoms with Gasteiger partial charge in [0.2, 0.25) is 11.8 Å². The van der Waals surface area contributed by atoms with Gasteiger partial charge in [-0.25, -0.2) is 8.42 Å². The zero-order valence-corrected chi connectivity index (χ0v) is 18.6. The van der Waals surface area contributed by atoms with Crippen LogP contribution >= 0.6 is 0 Å². The van der Waals surface area contributed by atoms with Gasteiger partial charge in [0.1, 0.15) is 13.1 Å². The first-order valence-electron chi connectivity index (χ1n) is 10.1. The second-order valence-electron chi connectivity index (χ2n) is 7.66. The molecular formula is C24H23N3O4S. The maximum Gasteiger partial charge on any atom is 0.264 e. The Kier molecular flexibility index (Phi) is 5.71. The van der Waals surface area contributed by atoms with Crippen molar-refractivity contribution in [2.24, 2.45) is 0 Å². The lowest BCUT2D eigenvalue weighted by molar-refractivity contribution is -0.121. The Morgan fingerprint density at radius 3 is 2.41 bits per heavy atom. The smallest absolute Gasteiger partial charge is 0.264 e. The molecule has 0 atom stereocenters. The second kappa shape index (κ2) is 8.47. The molecule has 1 aliphatic heterocycles. The molecule has 3 aromatic carbocycles. The molecule has 0 saturated heterocycles. The predicted molar refractivity (Wildman–Crippen MR) is 124 cm³/mol. The van der Waals surface area contributed by atoms with Gasteiger partial charge >= 0.3 is 0 Å². The number of carbonyl (C=O) groups is 2. The van der Waals surface area contributed by atoms with Crippen LogP contribution in [0.1, 0.15) is 11.1 Å². The van der Waals surface area contributed by atoms with E-state index in [1.54, 1.807) is 48.5 Å². The van der Waals surface area contributed by atoms with Crippen LogP contribution < -0.4 is 14.5 Å². The Balaban J connectivity index is 1.76. The van der Waals surface area contributed by atoms with Crippen molar-refractivity contribution in [2.45, 2.75) is 18.7 Å². The van der Waals surface area contributed by atoms with Gasteiger partial charge < -0.3 is 5.32 Å². The fourth-order valence-electron chi connectivity index (χ4n) is 3.77. The second-order valence-corrected chi connectivity index (χ2v) is 9.52. The van der Waals surface area contributed by atoms with Gasteiger partial charge in [0.15, 0.2) is 0 Å². The largest absolute Gasteiger partial charge is 0.323 e. The summed E-state index contributed by atoms with van der Waals surface area (Å²) < 4.78 is 28.3. The highest BCUT2D eigenvalue weighted by atomic mass is 32.2. The summed E-state index contributed by atoms with van der Waals surface area (Å²) in [6.45, 7) is 3.11. The monoisotopic (exact) mass is 449 g/mol. The van der Waals surface area contributed by atoms with Crippen LogP contribution in [0.2, 0.25) is 0 Å². The first-order chi connectivity index (χ1) is 15.3. The van der Waals surface area contributed by atoms with Crippen LogP contribution in [0.3, 0.4) is 0 Å². The van der Waals surface area contributed by atoms with E-state index in [-0.39, 0.29) is 17.3 Å². The van der Waals surface area contributed by atoms with E-state index in [0.29, 0.717) is 17.1 Å². The summed E-state index contributed by atoms with van der Waals surface area (Å²) in [5, 5.41) is 2.74. The highest BCUT2D eigenvalue weighted by Gasteiger charge is 2.33. The van der Waals surface area contributed by atoms with E-state index < -0.39 is 22.5 Å². The number of nitrogens with zero attached hydrogens (tertiary/aromatic N) is 2. The van der Waals surface area contributed by atoms with Gasteiger partial charge in [-0.2, -0.15) is 0 Å². The zero-order valence-electron chi connectivity index (χ0n) is 17.8. The quantitative estimate of drug-likeness (QED) is 0.646. The van der Waals surface area contributed by atoms with Crippen molar-refractivity contribution >= 4 is 38.9 Å². The zero-order chi connectivity index (χ0) is 22.9. The van der Waals surface area contributed by atoms with Gasteiger partial charge in [0.05, 0.1) is 22.0 Å². The van der Waals surface area contributed by atoms with Crippen molar-refractivity contribution in [3.63, 3.8) is 0 Å². The van der Waals surface area contributed by atoms with E-state index in [9.17, 15) is 18.0 Å². The summed E-state index contributed by atoms with van der Waals surface area (Å²) in [6, 6.07) is 20.3. The van der Waals surface area contributed by atoms with Crippen LogP contribution in [-0.4, -0.2) is 33.3 Å². The van der Waals surface area contributed by atoms with Crippen molar-refractivity contribution < 1.29 is 18.0 Å². The number of anilines is 3. The number of rotatable bonds is 5. The number of sulfonamides is 1. The molecule has 1 heterocycles. The molecule has 0 aromatic heterocycles.